The number of hydrogen-bond donors (Lipinski definition) is 1. The lowest BCUT2D eigenvalue weighted by Gasteiger charge is -2.26. The van der Waals surface area contributed by atoms with Crippen molar-refractivity contribution in [3.8, 4) is 16.5 Å². The molecule has 2 aromatic heterocycles. The Bertz CT molecular complexity index is 715. The number of nitrogens with zero attached hydrogens (tertiary/aromatic N) is 4. The minimum atomic E-state index is -0.131. The maximum Gasteiger partial charge on any atom is 0.280 e. The molecule has 8 heteroatoms. The Morgan fingerprint density at radius 1 is 1.27 bits per heavy atom. The highest BCUT2D eigenvalue weighted by Gasteiger charge is 2.14. The normalized spacial score (nSPS) is 15.0. The second-order valence-electron chi connectivity index (χ2n) is 6.22. The lowest BCUT2D eigenvalue weighted by Crippen LogP contribution is -2.33. The summed E-state index contributed by atoms with van der Waals surface area (Å²) in [5, 5.41) is 3.40. The molecule has 0 atom stereocenters. The van der Waals surface area contributed by atoms with E-state index in [4.69, 9.17) is 4.74 Å². The molecule has 7 nitrogen and oxygen atoms in total. The lowest BCUT2D eigenvalue weighted by atomic mass is 10.1. The van der Waals surface area contributed by atoms with Gasteiger partial charge in [0.25, 0.3) is 5.91 Å². The van der Waals surface area contributed by atoms with Gasteiger partial charge < -0.3 is 15.0 Å². The molecule has 0 radical (unpaired) electrons. The number of rotatable bonds is 8. The SMILES string of the molecule is CCOc1cncc(-c2cnc(C(=O)NCCCN3CCCCC3)s2)n1. The van der Waals surface area contributed by atoms with E-state index in [1.165, 1.54) is 43.7 Å². The van der Waals surface area contributed by atoms with Gasteiger partial charge in [-0.25, -0.2) is 9.97 Å². The summed E-state index contributed by atoms with van der Waals surface area (Å²) in [7, 11) is 0. The topological polar surface area (TPSA) is 80.2 Å². The molecular formula is C18H25N5O2S. The van der Waals surface area contributed by atoms with Crippen molar-refractivity contribution in [2.24, 2.45) is 0 Å². The number of nitrogens with one attached hydrogen (secondary N) is 1. The quantitative estimate of drug-likeness (QED) is 0.715. The summed E-state index contributed by atoms with van der Waals surface area (Å²) in [4.78, 5) is 28.3. The fourth-order valence-electron chi connectivity index (χ4n) is 2.94. The van der Waals surface area contributed by atoms with Gasteiger partial charge >= 0.3 is 0 Å². The van der Waals surface area contributed by atoms with Gasteiger partial charge in [-0.05, 0) is 45.8 Å². The average Bonchev–Trinajstić information content (AvgIpc) is 3.17. The molecule has 26 heavy (non-hydrogen) atoms. The van der Waals surface area contributed by atoms with Crippen LogP contribution < -0.4 is 10.1 Å². The third kappa shape index (κ3) is 5.22. The Kier molecular flexibility index (Phi) is 6.90. The van der Waals surface area contributed by atoms with Crippen LogP contribution in [0, 0.1) is 0 Å². The third-order valence-corrected chi connectivity index (χ3v) is 5.26. The number of amides is 1. The molecule has 0 unspecified atom stereocenters. The molecule has 0 saturated carbocycles. The lowest BCUT2D eigenvalue weighted by molar-refractivity contribution is 0.0950. The molecule has 1 saturated heterocycles. The van der Waals surface area contributed by atoms with Crippen LogP contribution in [0.1, 0.15) is 42.4 Å². The zero-order valence-electron chi connectivity index (χ0n) is 15.1. The van der Waals surface area contributed by atoms with Crippen LogP contribution in [-0.2, 0) is 0 Å². The summed E-state index contributed by atoms with van der Waals surface area (Å²) in [5.41, 5.74) is 0.664. The number of hydrogen-bond acceptors (Lipinski definition) is 7. The maximum atomic E-state index is 12.3. The van der Waals surface area contributed by atoms with Gasteiger partial charge in [0.05, 0.1) is 23.9 Å². The summed E-state index contributed by atoms with van der Waals surface area (Å²) in [6.45, 7) is 6.52. The van der Waals surface area contributed by atoms with E-state index in [0.29, 0.717) is 29.7 Å². The molecule has 1 amide bonds. The van der Waals surface area contributed by atoms with Crippen LogP contribution in [0.3, 0.4) is 0 Å². The first-order valence-electron chi connectivity index (χ1n) is 9.18. The van der Waals surface area contributed by atoms with Crippen molar-refractivity contribution in [3.63, 3.8) is 0 Å². The van der Waals surface area contributed by atoms with Crippen molar-refractivity contribution in [1.29, 1.82) is 0 Å². The largest absolute Gasteiger partial charge is 0.477 e. The molecular weight excluding hydrogens is 350 g/mol. The Morgan fingerprint density at radius 2 is 2.12 bits per heavy atom. The van der Waals surface area contributed by atoms with Gasteiger partial charge in [-0.3, -0.25) is 9.78 Å². The van der Waals surface area contributed by atoms with Crippen molar-refractivity contribution in [1.82, 2.24) is 25.2 Å². The first-order valence-corrected chi connectivity index (χ1v) is 9.99. The molecule has 140 valence electrons. The molecule has 0 aromatic carbocycles. The number of likely N-dealkylation sites (tertiary alicyclic amines) is 1. The van der Waals surface area contributed by atoms with Crippen molar-refractivity contribution in [2.75, 3.05) is 32.8 Å². The van der Waals surface area contributed by atoms with Crippen LogP contribution in [0.25, 0.3) is 10.6 Å². The third-order valence-electron chi connectivity index (χ3n) is 4.24. The molecule has 0 bridgehead atoms. The number of thiazole rings is 1. The Hall–Kier alpha value is -2.06. The highest BCUT2D eigenvalue weighted by molar-refractivity contribution is 7.16. The molecule has 2 aromatic rings. The van der Waals surface area contributed by atoms with E-state index >= 15 is 0 Å². The zero-order chi connectivity index (χ0) is 18.2. The molecule has 3 heterocycles. The predicted octanol–water partition coefficient (Wildman–Crippen LogP) is 2.60. The van der Waals surface area contributed by atoms with Crippen molar-refractivity contribution < 1.29 is 9.53 Å². The van der Waals surface area contributed by atoms with Crippen molar-refractivity contribution >= 4 is 17.2 Å². The predicted molar refractivity (Wildman–Crippen MR) is 102 cm³/mol. The average molecular weight is 375 g/mol. The fraction of sp³-hybridized carbons (Fsp3) is 0.556. The second kappa shape index (κ2) is 9.59. The molecule has 1 aliphatic heterocycles. The number of aromatic nitrogens is 3. The van der Waals surface area contributed by atoms with Crippen molar-refractivity contribution in [3.05, 3.63) is 23.6 Å². The van der Waals surface area contributed by atoms with Gasteiger partial charge in [-0.2, -0.15) is 0 Å². The summed E-state index contributed by atoms with van der Waals surface area (Å²) in [6, 6.07) is 0. The van der Waals surface area contributed by atoms with E-state index in [1.54, 1.807) is 18.6 Å². The van der Waals surface area contributed by atoms with Gasteiger partial charge in [0.15, 0.2) is 5.01 Å². The van der Waals surface area contributed by atoms with Gasteiger partial charge in [-0.1, -0.05) is 6.42 Å². The molecule has 1 aliphatic rings. The Balaban J connectivity index is 1.49. The fourth-order valence-corrected chi connectivity index (χ4v) is 3.73. The minimum Gasteiger partial charge on any atom is -0.477 e. The van der Waals surface area contributed by atoms with E-state index in [0.717, 1.165) is 17.8 Å². The van der Waals surface area contributed by atoms with E-state index in [1.807, 2.05) is 6.92 Å². The first kappa shape index (κ1) is 18.7. The Morgan fingerprint density at radius 3 is 2.92 bits per heavy atom. The summed E-state index contributed by atoms with van der Waals surface area (Å²) >= 11 is 1.32. The molecule has 3 rings (SSSR count). The van der Waals surface area contributed by atoms with Crippen LogP contribution in [0.15, 0.2) is 18.6 Å². The molecule has 1 N–H and O–H groups in total. The van der Waals surface area contributed by atoms with Crippen LogP contribution in [0.2, 0.25) is 0 Å². The van der Waals surface area contributed by atoms with Crippen LogP contribution >= 0.6 is 11.3 Å². The first-order chi connectivity index (χ1) is 12.8. The summed E-state index contributed by atoms with van der Waals surface area (Å²) < 4.78 is 5.37. The number of piperidine rings is 1. The number of carbonyl (C=O) groups is 1. The second-order valence-corrected chi connectivity index (χ2v) is 7.25. The van der Waals surface area contributed by atoms with Crippen LogP contribution in [-0.4, -0.2) is 58.5 Å². The van der Waals surface area contributed by atoms with E-state index < -0.39 is 0 Å². The number of carbonyl (C=O) groups excluding carboxylic acids is 1. The van der Waals surface area contributed by atoms with Gasteiger partial charge in [-0.15, -0.1) is 11.3 Å². The monoisotopic (exact) mass is 375 g/mol. The standard InChI is InChI=1S/C18H25N5O2S/c1-2-25-16-13-19-11-14(22-16)15-12-21-18(26-15)17(24)20-7-6-10-23-8-4-3-5-9-23/h11-13H,2-10H2,1H3,(H,20,24). The van der Waals surface area contributed by atoms with Gasteiger partial charge in [0, 0.05) is 12.7 Å². The van der Waals surface area contributed by atoms with Crippen LogP contribution in [0.4, 0.5) is 0 Å². The molecule has 1 fully saturated rings. The minimum absolute atomic E-state index is 0.131. The van der Waals surface area contributed by atoms with E-state index in [2.05, 4.69) is 25.2 Å². The van der Waals surface area contributed by atoms with E-state index in [9.17, 15) is 4.79 Å². The number of ether oxygens (including phenoxy) is 1. The molecule has 0 spiro atoms. The summed E-state index contributed by atoms with van der Waals surface area (Å²) in [5.74, 6) is 0.343. The summed E-state index contributed by atoms with van der Waals surface area (Å²) in [6.07, 6.45) is 9.78. The van der Waals surface area contributed by atoms with Gasteiger partial charge in [0.1, 0.15) is 5.69 Å². The molecule has 0 aliphatic carbocycles. The maximum absolute atomic E-state index is 12.3. The smallest absolute Gasteiger partial charge is 0.280 e. The van der Waals surface area contributed by atoms with Crippen LogP contribution in [0.5, 0.6) is 5.88 Å². The zero-order valence-corrected chi connectivity index (χ0v) is 15.9. The van der Waals surface area contributed by atoms with Crippen molar-refractivity contribution in [2.45, 2.75) is 32.6 Å². The Labute approximate surface area is 157 Å². The highest BCUT2D eigenvalue weighted by atomic mass is 32.1. The van der Waals surface area contributed by atoms with E-state index in [-0.39, 0.29) is 5.91 Å². The van der Waals surface area contributed by atoms with Gasteiger partial charge in [0.2, 0.25) is 5.88 Å². The highest BCUT2D eigenvalue weighted by Crippen LogP contribution is 2.25.